The molecule has 116 valence electrons. The van der Waals surface area contributed by atoms with Crippen LogP contribution >= 0.6 is 0 Å². The number of halogens is 2. The summed E-state index contributed by atoms with van der Waals surface area (Å²) in [7, 11) is 1.23. The predicted molar refractivity (Wildman–Crippen MR) is 69.4 cm³/mol. The van der Waals surface area contributed by atoms with E-state index in [0.29, 0.717) is 5.56 Å². The number of alkyl halides is 2. The van der Waals surface area contributed by atoms with E-state index in [2.05, 4.69) is 9.47 Å². The summed E-state index contributed by atoms with van der Waals surface area (Å²) >= 11 is 0. The highest BCUT2D eigenvalue weighted by molar-refractivity contribution is 5.93. The molecule has 0 spiro atoms. The van der Waals surface area contributed by atoms with E-state index in [9.17, 15) is 18.4 Å². The zero-order valence-electron chi connectivity index (χ0n) is 11.7. The number of carbonyl (C=O) groups excluding carboxylic acids is 2. The maximum Gasteiger partial charge on any atom is 0.387 e. The summed E-state index contributed by atoms with van der Waals surface area (Å²) < 4.78 is 38.8. The van der Waals surface area contributed by atoms with E-state index in [0.717, 1.165) is 0 Å². The second-order valence-electron chi connectivity index (χ2n) is 3.97. The van der Waals surface area contributed by atoms with Crippen LogP contribution in [0.2, 0.25) is 0 Å². The molecule has 0 aliphatic rings. The second kappa shape index (κ2) is 8.18. The largest absolute Gasteiger partial charge is 0.469 e. The summed E-state index contributed by atoms with van der Waals surface area (Å²) in [6, 6.07) is 4.35. The minimum atomic E-state index is -3.09. The van der Waals surface area contributed by atoms with Gasteiger partial charge in [0.25, 0.3) is 0 Å². The van der Waals surface area contributed by atoms with Crippen LogP contribution in [0.15, 0.2) is 18.2 Å². The van der Waals surface area contributed by atoms with Gasteiger partial charge in [-0.2, -0.15) is 8.78 Å². The predicted octanol–water partition coefficient (Wildman–Crippen LogP) is 2.57. The molecule has 0 radical (unpaired) electrons. The maximum absolute atomic E-state index is 12.5. The molecule has 5 nitrogen and oxygen atoms in total. The minimum absolute atomic E-state index is 0.0115. The number of carbonyl (C=O) groups is 2. The SMILES string of the molecule is CCOC(=O)c1cccc(CCC(=O)OC)c1OC(F)F. The molecule has 0 heterocycles. The van der Waals surface area contributed by atoms with E-state index in [1.54, 1.807) is 6.92 Å². The first-order valence-corrected chi connectivity index (χ1v) is 6.30. The van der Waals surface area contributed by atoms with Gasteiger partial charge in [-0.15, -0.1) is 0 Å². The number of esters is 2. The Bertz CT molecular complexity index is 502. The highest BCUT2D eigenvalue weighted by Gasteiger charge is 2.20. The first-order valence-electron chi connectivity index (χ1n) is 6.30. The lowest BCUT2D eigenvalue weighted by molar-refractivity contribution is -0.140. The summed E-state index contributed by atoms with van der Waals surface area (Å²) in [6.07, 6.45) is 0.102. The van der Waals surface area contributed by atoms with E-state index in [1.807, 2.05) is 0 Å². The molecule has 0 N–H and O–H groups in total. The molecule has 0 saturated heterocycles. The number of rotatable bonds is 7. The first-order chi connectivity index (χ1) is 9.99. The van der Waals surface area contributed by atoms with Crippen molar-refractivity contribution in [2.24, 2.45) is 0 Å². The molecule has 0 aromatic heterocycles. The van der Waals surface area contributed by atoms with Crippen LogP contribution in [0.1, 0.15) is 29.3 Å². The van der Waals surface area contributed by atoms with E-state index in [1.165, 1.54) is 25.3 Å². The zero-order chi connectivity index (χ0) is 15.8. The third-order valence-electron chi connectivity index (χ3n) is 2.62. The van der Waals surface area contributed by atoms with Crippen LogP contribution in [-0.4, -0.2) is 32.3 Å². The quantitative estimate of drug-likeness (QED) is 0.724. The van der Waals surface area contributed by atoms with Gasteiger partial charge in [-0.1, -0.05) is 12.1 Å². The first kappa shape index (κ1) is 16.9. The standard InChI is InChI=1S/C14H16F2O5/c1-3-20-13(18)10-6-4-5-9(7-8-11(17)19-2)12(10)21-14(15)16/h4-6,14H,3,7-8H2,1-2H3. The van der Waals surface area contributed by atoms with Crippen molar-refractivity contribution in [3.8, 4) is 5.75 Å². The van der Waals surface area contributed by atoms with Gasteiger partial charge >= 0.3 is 18.6 Å². The third-order valence-corrected chi connectivity index (χ3v) is 2.62. The van der Waals surface area contributed by atoms with Crippen molar-refractivity contribution >= 4 is 11.9 Å². The average molecular weight is 302 g/mol. The number of hydrogen-bond acceptors (Lipinski definition) is 5. The van der Waals surface area contributed by atoms with Crippen LogP contribution in [0.4, 0.5) is 8.78 Å². The van der Waals surface area contributed by atoms with Gasteiger partial charge in [0.1, 0.15) is 11.3 Å². The summed E-state index contributed by atoms with van der Waals surface area (Å²) in [5.41, 5.74) is 0.214. The van der Waals surface area contributed by atoms with Crippen molar-refractivity contribution < 1.29 is 32.6 Å². The van der Waals surface area contributed by atoms with Crippen LogP contribution in [0.3, 0.4) is 0 Å². The topological polar surface area (TPSA) is 61.8 Å². The lowest BCUT2D eigenvalue weighted by atomic mass is 10.0. The van der Waals surface area contributed by atoms with E-state index >= 15 is 0 Å². The average Bonchev–Trinajstić information content (AvgIpc) is 2.45. The Morgan fingerprint density at radius 1 is 1.29 bits per heavy atom. The number of methoxy groups -OCH3 is 1. The summed E-state index contributed by atoms with van der Waals surface area (Å²) in [5, 5.41) is 0. The molecule has 0 bridgehead atoms. The fourth-order valence-electron chi connectivity index (χ4n) is 1.72. The molecule has 1 aromatic carbocycles. The third kappa shape index (κ3) is 5.02. The molecule has 0 fully saturated rings. The molecule has 0 saturated carbocycles. The van der Waals surface area contributed by atoms with Crippen LogP contribution in [0.5, 0.6) is 5.75 Å². The molecule has 1 rings (SSSR count). The van der Waals surface area contributed by atoms with E-state index in [4.69, 9.17) is 4.74 Å². The smallest absolute Gasteiger partial charge is 0.387 e. The van der Waals surface area contributed by atoms with E-state index in [-0.39, 0.29) is 30.8 Å². The molecule has 0 aliphatic carbocycles. The van der Waals surface area contributed by atoms with Gasteiger partial charge in [-0.25, -0.2) is 4.79 Å². The van der Waals surface area contributed by atoms with Gasteiger partial charge < -0.3 is 14.2 Å². The van der Waals surface area contributed by atoms with Crippen molar-refractivity contribution in [1.29, 1.82) is 0 Å². The van der Waals surface area contributed by atoms with Gasteiger partial charge in [-0.3, -0.25) is 4.79 Å². The van der Waals surface area contributed by atoms with Crippen molar-refractivity contribution in [2.45, 2.75) is 26.4 Å². The number of para-hydroxylation sites is 1. The summed E-state index contributed by atoms with van der Waals surface area (Å²) in [6.45, 7) is -1.37. The highest BCUT2D eigenvalue weighted by Crippen LogP contribution is 2.28. The highest BCUT2D eigenvalue weighted by atomic mass is 19.3. The summed E-state index contributed by atoms with van der Waals surface area (Å²) in [4.78, 5) is 22.9. The van der Waals surface area contributed by atoms with Gasteiger partial charge in [0.2, 0.25) is 0 Å². The Morgan fingerprint density at radius 2 is 2.00 bits per heavy atom. The van der Waals surface area contributed by atoms with Gasteiger partial charge in [-0.05, 0) is 25.0 Å². The van der Waals surface area contributed by atoms with Gasteiger partial charge in [0, 0.05) is 6.42 Å². The molecule has 1 aromatic rings. The minimum Gasteiger partial charge on any atom is -0.469 e. The Balaban J connectivity index is 3.07. The Kier molecular flexibility index (Phi) is 6.58. The van der Waals surface area contributed by atoms with Crippen LogP contribution in [0, 0.1) is 0 Å². The second-order valence-corrected chi connectivity index (χ2v) is 3.97. The Labute approximate surface area is 120 Å². The maximum atomic E-state index is 12.5. The molecule has 7 heteroatoms. The lowest BCUT2D eigenvalue weighted by Crippen LogP contribution is -2.13. The number of ether oxygens (including phenoxy) is 3. The van der Waals surface area contributed by atoms with Gasteiger partial charge in [0.05, 0.1) is 13.7 Å². The summed E-state index contributed by atoms with van der Waals surface area (Å²) in [5.74, 6) is -1.51. The molecule has 0 atom stereocenters. The van der Waals surface area contributed by atoms with Crippen molar-refractivity contribution in [3.63, 3.8) is 0 Å². The zero-order valence-corrected chi connectivity index (χ0v) is 11.7. The molecular formula is C14H16F2O5. The molecule has 21 heavy (non-hydrogen) atoms. The lowest BCUT2D eigenvalue weighted by Gasteiger charge is -2.14. The monoisotopic (exact) mass is 302 g/mol. The van der Waals surface area contributed by atoms with Gasteiger partial charge in [0.15, 0.2) is 0 Å². The van der Waals surface area contributed by atoms with Crippen molar-refractivity contribution in [1.82, 2.24) is 0 Å². The molecular weight excluding hydrogens is 286 g/mol. The number of aryl methyl sites for hydroxylation is 1. The molecule has 0 aliphatic heterocycles. The Hall–Kier alpha value is -2.18. The number of benzene rings is 1. The van der Waals surface area contributed by atoms with Crippen molar-refractivity contribution in [2.75, 3.05) is 13.7 Å². The normalized spacial score (nSPS) is 10.3. The van der Waals surface area contributed by atoms with Crippen molar-refractivity contribution in [3.05, 3.63) is 29.3 Å². The van der Waals surface area contributed by atoms with Crippen LogP contribution < -0.4 is 4.74 Å². The molecule has 0 amide bonds. The number of hydrogen-bond donors (Lipinski definition) is 0. The van der Waals surface area contributed by atoms with Crippen LogP contribution in [-0.2, 0) is 20.7 Å². The fraction of sp³-hybridized carbons (Fsp3) is 0.429. The fourth-order valence-corrected chi connectivity index (χ4v) is 1.72. The Morgan fingerprint density at radius 3 is 2.57 bits per heavy atom. The molecule has 0 unspecified atom stereocenters. The van der Waals surface area contributed by atoms with E-state index < -0.39 is 18.6 Å². The van der Waals surface area contributed by atoms with Crippen LogP contribution in [0.25, 0.3) is 0 Å².